The normalized spacial score (nSPS) is 12.7. The molecule has 8 aromatic rings. The maximum absolute atomic E-state index is 15.0. The van der Waals surface area contributed by atoms with E-state index < -0.39 is 11.7 Å². The Morgan fingerprint density at radius 1 is 0.706 bits per heavy atom. The van der Waals surface area contributed by atoms with E-state index in [-0.39, 0.29) is 28.8 Å². The second-order valence-electron chi connectivity index (χ2n) is 17.1. The molecule has 18 heteroatoms. The van der Waals surface area contributed by atoms with Gasteiger partial charge in [0.1, 0.15) is 34.4 Å². The summed E-state index contributed by atoms with van der Waals surface area (Å²) in [5.74, 6) is 0.636. The first kappa shape index (κ1) is 46.2. The Morgan fingerprint density at radius 2 is 1.22 bits per heavy atom. The van der Waals surface area contributed by atoms with Gasteiger partial charge in [0.25, 0.3) is 5.91 Å². The zero-order chi connectivity index (χ0) is 48.0. The van der Waals surface area contributed by atoms with Crippen molar-refractivity contribution in [1.82, 2.24) is 38.5 Å². The highest BCUT2D eigenvalue weighted by molar-refractivity contribution is 6.34. The van der Waals surface area contributed by atoms with Gasteiger partial charge in [-0.05, 0) is 69.9 Å². The number of benzene rings is 4. The van der Waals surface area contributed by atoms with Crippen LogP contribution in [0.25, 0.3) is 33.5 Å². The number of anilines is 2. The minimum atomic E-state index is -0.804. The van der Waals surface area contributed by atoms with Gasteiger partial charge in [0, 0.05) is 121 Å². The number of ether oxygens (including phenoxy) is 2. The predicted octanol–water partition coefficient (Wildman–Crippen LogP) is 9.99. The van der Waals surface area contributed by atoms with Crippen LogP contribution in [-0.2, 0) is 32.5 Å². The molecule has 350 valence electrons. The molecule has 4 aromatic carbocycles. The predicted molar refractivity (Wildman–Crippen MR) is 258 cm³/mol. The quantitative estimate of drug-likeness (QED) is 0.129. The molecule has 0 spiro atoms. The van der Waals surface area contributed by atoms with E-state index in [1.165, 1.54) is 29.3 Å². The van der Waals surface area contributed by atoms with Crippen molar-refractivity contribution in [2.75, 3.05) is 52.0 Å². The fourth-order valence-corrected chi connectivity index (χ4v) is 9.15. The fourth-order valence-electron chi connectivity index (χ4n) is 8.58. The molecule has 0 atom stereocenters. The van der Waals surface area contributed by atoms with Crippen molar-refractivity contribution in [1.29, 1.82) is 0 Å². The number of nitrogens with zero attached hydrogens (tertiary/aromatic N) is 8. The maximum Gasteiger partial charge on any atom is 0.256 e. The summed E-state index contributed by atoms with van der Waals surface area (Å²) >= 11 is 13.0. The number of carbonyl (C=O) groups is 1. The number of imidazole rings is 2. The Morgan fingerprint density at radius 3 is 1.72 bits per heavy atom. The van der Waals surface area contributed by atoms with Gasteiger partial charge in [0.15, 0.2) is 5.82 Å². The van der Waals surface area contributed by atoms with Crippen molar-refractivity contribution in [2.24, 2.45) is 0 Å². The fraction of sp³-hybridized carbons (Fsp3) is 0.260. The lowest BCUT2D eigenvalue weighted by molar-refractivity contribution is 0.0823. The summed E-state index contributed by atoms with van der Waals surface area (Å²) < 4.78 is 58.9. The first-order chi connectivity index (χ1) is 32.7. The van der Waals surface area contributed by atoms with Gasteiger partial charge in [0.05, 0.1) is 35.2 Å². The topological polar surface area (TPSA) is 126 Å². The van der Waals surface area contributed by atoms with Crippen LogP contribution in [0.15, 0.2) is 79.4 Å². The number of rotatable bonds is 11. The Labute approximate surface area is 400 Å². The molecule has 4 aromatic heterocycles. The molecule has 2 aliphatic rings. The van der Waals surface area contributed by atoms with Gasteiger partial charge in [-0.3, -0.25) is 13.6 Å². The van der Waals surface area contributed by atoms with Gasteiger partial charge in [-0.25, -0.2) is 33.1 Å². The summed E-state index contributed by atoms with van der Waals surface area (Å²) in [7, 11) is 7.13. The molecule has 0 fully saturated rings. The standard InChI is InChI=1S/C25H22ClF2N5O2.C25H25ClFN5O/c1-13-12-33-23(31-13)18(15-4-5-16(22(28)21(15)26)24(34)32(2)3)11-30-25(33)29-10-17-14-8-9-35-20(14)7-6-19(17)27;1-15-13-32-24(30-15)20(17-5-4-16(10-21(17)26)14-31(2)3)12-29-25(32)28-11-19-18-8-9-33-23(18)7-6-22(19)27/h4-7,11-12H,8-10H2,1-3H3,(H,29,30);4-7,10,12-13H,8-9,11,14H2,1-3H3,(H,28,29). The molecular formula is C50H47Cl2F3N10O3. The van der Waals surface area contributed by atoms with E-state index in [9.17, 15) is 13.6 Å². The van der Waals surface area contributed by atoms with Crippen LogP contribution in [0.1, 0.15) is 49.6 Å². The van der Waals surface area contributed by atoms with Crippen LogP contribution in [0.4, 0.5) is 25.1 Å². The average molecular weight is 964 g/mol. The van der Waals surface area contributed by atoms with Gasteiger partial charge in [-0.15, -0.1) is 0 Å². The Kier molecular flexibility index (Phi) is 12.9. The van der Waals surface area contributed by atoms with E-state index in [1.807, 2.05) is 50.7 Å². The van der Waals surface area contributed by atoms with Gasteiger partial charge in [-0.1, -0.05) is 41.4 Å². The molecule has 0 aliphatic carbocycles. The lowest BCUT2D eigenvalue weighted by atomic mass is 10.0. The summed E-state index contributed by atoms with van der Waals surface area (Å²) in [6.45, 7) is 6.18. The van der Waals surface area contributed by atoms with Gasteiger partial charge < -0.3 is 29.9 Å². The molecule has 10 rings (SSSR count). The molecule has 0 saturated heterocycles. The highest BCUT2D eigenvalue weighted by Gasteiger charge is 2.24. The zero-order valence-corrected chi connectivity index (χ0v) is 39.7. The van der Waals surface area contributed by atoms with E-state index in [0.29, 0.717) is 88.9 Å². The Bertz CT molecular complexity index is 3270. The van der Waals surface area contributed by atoms with Crippen molar-refractivity contribution in [2.45, 2.75) is 46.3 Å². The van der Waals surface area contributed by atoms with E-state index >= 15 is 4.39 Å². The number of nitrogens with one attached hydrogen (secondary N) is 2. The summed E-state index contributed by atoms with van der Waals surface area (Å²) in [6.07, 6.45) is 8.35. The van der Waals surface area contributed by atoms with Crippen LogP contribution in [0.3, 0.4) is 0 Å². The van der Waals surface area contributed by atoms with Crippen LogP contribution in [-0.4, -0.2) is 85.8 Å². The molecule has 1 amide bonds. The number of aryl methyl sites for hydroxylation is 2. The summed E-state index contributed by atoms with van der Waals surface area (Å²) in [5, 5.41) is 6.94. The third kappa shape index (κ3) is 8.98. The molecule has 0 unspecified atom stereocenters. The summed E-state index contributed by atoms with van der Waals surface area (Å²) in [4.78, 5) is 34.1. The third-order valence-electron chi connectivity index (χ3n) is 11.8. The highest BCUT2D eigenvalue weighted by Crippen LogP contribution is 2.37. The molecule has 6 heterocycles. The lowest BCUT2D eigenvalue weighted by Crippen LogP contribution is -2.23. The number of fused-ring (bicyclic) bond motifs is 4. The van der Waals surface area contributed by atoms with Crippen molar-refractivity contribution >= 4 is 52.3 Å². The first-order valence-electron chi connectivity index (χ1n) is 21.8. The van der Waals surface area contributed by atoms with Crippen molar-refractivity contribution in [3.63, 3.8) is 0 Å². The number of aromatic nitrogens is 6. The second-order valence-corrected chi connectivity index (χ2v) is 17.9. The maximum atomic E-state index is 15.0. The van der Waals surface area contributed by atoms with Crippen LogP contribution < -0.4 is 20.1 Å². The molecule has 13 nitrogen and oxygen atoms in total. The van der Waals surface area contributed by atoms with Crippen LogP contribution >= 0.6 is 23.2 Å². The SMILES string of the molecule is Cc1cn2c(NCc3c(F)ccc4c3CCO4)ncc(-c3ccc(C(=O)N(C)C)c(F)c3Cl)c2n1.Cc1cn2c(NCc3c(F)ccc4c3CCO4)ncc(-c3ccc(CN(C)C)cc3Cl)c2n1. The van der Waals surface area contributed by atoms with Crippen LogP contribution in [0.5, 0.6) is 11.5 Å². The molecule has 2 N–H and O–H groups in total. The number of hydrogen-bond donors (Lipinski definition) is 2. The Balaban J connectivity index is 0.000000170. The largest absolute Gasteiger partial charge is 0.493 e. The molecule has 0 bridgehead atoms. The second kappa shape index (κ2) is 19.0. The molecular weight excluding hydrogens is 917 g/mol. The van der Waals surface area contributed by atoms with E-state index in [4.69, 9.17) is 37.7 Å². The van der Waals surface area contributed by atoms with Gasteiger partial charge in [0.2, 0.25) is 11.9 Å². The van der Waals surface area contributed by atoms with Crippen molar-refractivity contribution < 1.29 is 27.4 Å². The van der Waals surface area contributed by atoms with Crippen LogP contribution in [0.2, 0.25) is 10.0 Å². The van der Waals surface area contributed by atoms with Crippen molar-refractivity contribution in [3.05, 3.63) is 152 Å². The zero-order valence-electron chi connectivity index (χ0n) is 38.1. The monoisotopic (exact) mass is 962 g/mol. The average Bonchev–Trinajstić information content (AvgIpc) is 4.13. The lowest BCUT2D eigenvalue weighted by Gasteiger charge is -2.15. The van der Waals surface area contributed by atoms with Crippen molar-refractivity contribution in [3.8, 4) is 33.8 Å². The molecule has 0 radical (unpaired) electrons. The van der Waals surface area contributed by atoms with E-state index in [2.05, 4.69) is 36.6 Å². The molecule has 0 saturated carbocycles. The van der Waals surface area contributed by atoms with E-state index in [0.717, 1.165) is 51.5 Å². The minimum Gasteiger partial charge on any atom is -0.493 e. The molecule has 2 aliphatic heterocycles. The first-order valence-corrected chi connectivity index (χ1v) is 22.6. The summed E-state index contributed by atoms with van der Waals surface area (Å²) in [5.41, 5.74) is 9.30. The summed E-state index contributed by atoms with van der Waals surface area (Å²) in [6, 6.07) is 15.2. The number of carbonyl (C=O) groups excluding carboxylic acids is 1. The number of hydrogen-bond acceptors (Lipinski definition) is 10. The Hall–Kier alpha value is -6.88. The minimum absolute atomic E-state index is 0.119. The number of amides is 1. The van der Waals surface area contributed by atoms with Gasteiger partial charge in [-0.2, -0.15) is 0 Å². The third-order valence-corrected chi connectivity index (χ3v) is 12.5. The van der Waals surface area contributed by atoms with E-state index in [1.54, 1.807) is 49.1 Å². The highest BCUT2D eigenvalue weighted by atomic mass is 35.5. The van der Waals surface area contributed by atoms with Crippen LogP contribution in [0, 0.1) is 31.3 Å². The number of halogens is 5. The smallest absolute Gasteiger partial charge is 0.256 e. The molecule has 68 heavy (non-hydrogen) atoms. The van der Waals surface area contributed by atoms with Gasteiger partial charge >= 0.3 is 0 Å².